The van der Waals surface area contributed by atoms with Gasteiger partial charge in [-0.25, -0.2) is 0 Å². The van der Waals surface area contributed by atoms with E-state index in [4.69, 9.17) is 28.4 Å². The lowest BCUT2D eigenvalue weighted by Gasteiger charge is -2.62. The Labute approximate surface area is 388 Å². The second kappa shape index (κ2) is 16.3. The third-order valence-corrected chi connectivity index (χ3v) is 20.3. The molecular weight excluding hydrogens is 849 g/mol. The summed E-state index contributed by atoms with van der Waals surface area (Å²) >= 11 is 0. The molecule has 0 radical (unpaired) electrons. The van der Waals surface area contributed by atoms with Crippen molar-refractivity contribution in [2.24, 2.45) is 69.0 Å². The number of esters is 6. The highest BCUT2D eigenvalue weighted by Gasteiger charge is 2.73. The van der Waals surface area contributed by atoms with E-state index in [1.54, 1.807) is 6.08 Å². The van der Waals surface area contributed by atoms with Crippen LogP contribution in [0.4, 0.5) is 0 Å². The van der Waals surface area contributed by atoms with E-state index < -0.39 is 40.7 Å². The Balaban J connectivity index is 0.000000166. The summed E-state index contributed by atoms with van der Waals surface area (Å²) in [4.78, 5) is 87.6. The molecule has 4 unspecified atom stereocenters. The topological polar surface area (TPSA) is 195 Å². The summed E-state index contributed by atoms with van der Waals surface area (Å²) in [6.45, 7) is 11.6. The molecule has 8 aliphatic carbocycles. The number of ether oxygens (including phenoxy) is 6. The first kappa shape index (κ1) is 47.0. The van der Waals surface area contributed by atoms with Gasteiger partial charge in [0, 0.05) is 55.8 Å². The number of fused-ring (bicyclic) bond motifs is 12. The highest BCUT2D eigenvalue weighted by atomic mass is 16.6. The number of hydrogen-bond donors (Lipinski definition) is 1. The van der Waals surface area contributed by atoms with Crippen LogP contribution in [0.1, 0.15) is 144 Å². The van der Waals surface area contributed by atoms with Crippen molar-refractivity contribution in [2.45, 2.75) is 174 Å². The number of methoxy groups -OCH3 is 2. The lowest BCUT2D eigenvalue weighted by atomic mass is 9.43. The van der Waals surface area contributed by atoms with E-state index in [-0.39, 0.29) is 99.5 Å². The van der Waals surface area contributed by atoms with Crippen LogP contribution in [-0.4, -0.2) is 90.4 Å². The number of hydrogen-bond acceptors (Lipinski definition) is 14. The van der Waals surface area contributed by atoms with E-state index in [1.165, 1.54) is 28.1 Å². The fraction of sp³-hybridized carbons (Fsp3) is 0.788. The number of aliphatic hydroxyl groups excluding tert-OH is 1. The van der Waals surface area contributed by atoms with Crippen LogP contribution in [0.2, 0.25) is 0 Å². The zero-order valence-electron chi connectivity index (χ0n) is 40.1. The van der Waals surface area contributed by atoms with E-state index in [1.807, 2.05) is 0 Å². The minimum atomic E-state index is -0.571. The highest BCUT2D eigenvalue weighted by molar-refractivity contribution is 5.92. The van der Waals surface area contributed by atoms with Crippen LogP contribution < -0.4 is 0 Å². The van der Waals surface area contributed by atoms with Crippen LogP contribution in [0.15, 0.2) is 23.3 Å². The second-order valence-electron chi connectivity index (χ2n) is 22.9. The molecule has 0 aromatic heterocycles. The molecule has 2 spiro atoms. The van der Waals surface area contributed by atoms with Crippen LogP contribution in [-0.2, 0) is 62.0 Å². The van der Waals surface area contributed by atoms with Crippen molar-refractivity contribution in [3.63, 3.8) is 0 Å². The van der Waals surface area contributed by atoms with Crippen molar-refractivity contribution in [1.29, 1.82) is 0 Å². The SMILES string of the molecule is COC(=O)[C@@H]1C=C2C[C@@H](O)CC[C@]2(C)[C@@H]2[C@@H]1C1CCC3(CCC(=O)O3)[C@@]1(C)C[C@H]2OC(C)=O.COC(=O)[C@@H]1CC2=CC(=O)CC[C@]2(C)[C@@H]2[C@@H]1C1CCC3(CCC(=O)O3)[C@@]1(C)C[C@H]2OC(C)=O. The Morgan fingerprint density at radius 3 is 1.65 bits per heavy atom. The number of carbonyl (C=O) groups excluding carboxylic acids is 7. The third-order valence-electron chi connectivity index (χ3n) is 20.3. The quantitative estimate of drug-likeness (QED) is 0.175. The number of rotatable bonds is 4. The molecule has 2 heterocycles. The molecule has 14 nitrogen and oxygen atoms in total. The van der Waals surface area contributed by atoms with Gasteiger partial charge in [-0.15, -0.1) is 0 Å². The van der Waals surface area contributed by atoms with E-state index >= 15 is 0 Å². The molecule has 0 amide bonds. The van der Waals surface area contributed by atoms with Gasteiger partial charge in [0.2, 0.25) is 0 Å². The molecule has 6 saturated carbocycles. The van der Waals surface area contributed by atoms with Crippen molar-refractivity contribution in [1.82, 2.24) is 0 Å². The Hall–Kier alpha value is -4.07. The van der Waals surface area contributed by atoms with Gasteiger partial charge in [-0.2, -0.15) is 0 Å². The molecule has 362 valence electrons. The zero-order chi connectivity index (χ0) is 47.5. The summed E-state index contributed by atoms with van der Waals surface area (Å²) < 4.78 is 34.7. The van der Waals surface area contributed by atoms with Crippen LogP contribution in [0.3, 0.4) is 0 Å². The Morgan fingerprint density at radius 1 is 0.636 bits per heavy atom. The largest absolute Gasteiger partial charge is 0.469 e. The van der Waals surface area contributed by atoms with Gasteiger partial charge in [-0.05, 0) is 124 Å². The molecule has 2 saturated heterocycles. The smallest absolute Gasteiger partial charge is 0.312 e. The van der Waals surface area contributed by atoms with Gasteiger partial charge >= 0.3 is 35.8 Å². The number of allylic oxidation sites excluding steroid dienone is 1. The van der Waals surface area contributed by atoms with Crippen LogP contribution in [0.5, 0.6) is 0 Å². The summed E-state index contributed by atoms with van der Waals surface area (Å²) in [6.07, 6.45) is 12.8. The molecular formula is C52H70O14. The van der Waals surface area contributed by atoms with E-state index in [0.717, 1.165) is 43.3 Å². The first-order valence-corrected chi connectivity index (χ1v) is 24.7. The van der Waals surface area contributed by atoms with Crippen molar-refractivity contribution in [3.8, 4) is 0 Å². The molecule has 14 heteroatoms. The normalized spacial score (nSPS) is 47.2. The number of ketones is 1. The molecule has 0 aromatic carbocycles. The number of carbonyl (C=O) groups is 7. The summed E-state index contributed by atoms with van der Waals surface area (Å²) in [5, 5.41) is 10.4. The van der Waals surface area contributed by atoms with Gasteiger partial charge < -0.3 is 33.5 Å². The summed E-state index contributed by atoms with van der Waals surface area (Å²) in [6, 6.07) is 0. The van der Waals surface area contributed by atoms with Crippen molar-refractivity contribution in [2.75, 3.05) is 14.2 Å². The van der Waals surface area contributed by atoms with E-state index in [0.29, 0.717) is 70.6 Å². The molecule has 1 N–H and O–H groups in total. The van der Waals surface area contributed by atoms with Gasteiger partial charge in [0.05, 0.1) is 32.2 Å². The zero-order valence-corrected chi connectivity index (χ0v) is 40.1. The Bertz CT molecular complexity index is 2160. The fourth-order valence-corrected chi connectivity index (χ4v) is 17.3. The molecule has 66 heavy (non-hydrogen) atoms. The molecule has 0 bridgehead atoms. The van der Waals surface area contributed by atoms with Gasteiger partial charge in [0.1, 0.15) is 23.4 Å². The van der Waals surface area contributed by atoms with E-state index in [9.17, 15) is 38.7 Å². The lowest BCUT2D eigenvalue weighted by Crippen LogP contribution is -2.63. The Kier molecular flexibility index (Phi) is 11.6. The minimum absolute atomic E-state index is 0.0525. The third kappa shape index (κ3) is 6.88. The monoisotopic (exact) mass is 918 g/mol. The van der Waals surface area contributed by atoms with Gasteiger partial charge in [-0.3, -0.25) is 33.6 Å². The summed E-state index contributed by atoms with van der Waals surface area (Å²) in [5.41, 5.74) is -0.443. The number of aliphatic hydroxyl groups is 1. The first-order chi connectivity index (χ1) is 31.1. The molecule has 10 aliphatic rings. The van der Waals surface area contributed by atoms with Gasteiger partial charge in [-0.1, -0.05) is 44.9 Å². The average Bonchev–Trinajstić information content (AvgIpc) is 3.99. The van der Waals surface area contributed by atoms with Crippen LogP contribution in [0, 0.1) is 69.0 Å². The second-order valence-corrected chi connectivity index (χ2v) is 22.9. The standard InChI is InChI=1S/C26H36O7.C26H34O7/c2*1-14(27)32-19-13-25(3)18(6-9-26(25)10-7-20(29)33-26)21-17(23(30)31-4)12-15-11-16(28)5-8-24(15,2)22(19)21/h12,16-19,21-22,28H,5-11,13H2,1-4H3;11,17-19,21-22H,5-10,12-13H2,1-4H3/t16-,17+,18?,19+,21-,22-,24-,25-,26?;17-,18?,19-,21+,22+,24+,25+,26?/m01/s1. The van der Waals surface area contributed by atoms with Gasteiger partial charge in [0.25, 0.3) is 0 Å². The Morgan fingerprint density at radius 2 is 1.15 bits per heavy atom. The lowest BCUT2D eigenvalue weighted by molar-refractivity contribution is -0.207. The van der Waals surface area contributed by atoms with Gasteiger partial charge in [0.15, 0.2) is 5.78 Å². The predicted octanol–water partition coefficient (Wildman–Crippen LogP) is 6.86. The van der Waals surface area contributed by atoms with Crippen LogP contribution >= 0.6 is 0 Å². The molecule has 0 aromatic rings. The summed E-state index contributed by atoms with van der Waals surface area (Å²) in [7, 11) is 2.83. The predicted molar refractivity (Wildman–Crippen MR) is 234 cm³/mol. The maximum absolute atomic E-state index is 13.1. The van der Waals surface area contributed by atoms with E-state index in [2.05, 4.69) is 33.8 Å². The van der Waals surface area contributed by atoms with Crippen LogP contribution in [0.25, 0.3) is 0 Å². The molecule has 2 aliphatic heterocycles. The fourth-order valence-electron chi connectivity index (χ4n) is 17.3. The molecule has 8 fully saturated rings. The molecule has 17 atom stereocenters. The first-order valence-electron chi connectivity index (χ1n) is 24.7. The van der Waals surface area contributed by atoms with Crippen molar-refractivity contribution < 1.29 is 67.1 Å². The minimum Gasteiger partial charge on any atom is -0.469 e. The maximum Gasteiger partial charge on any atom is 0.312 e. The molecule has 10 rings (SSSR count). The highest BCUT2D eigenvalue weighted by Crippen LogP contribution is 2.73. The van der Waals surface area contributed by atoms with Crippen molar-refractivity contribution >= 4 is 41.6 Å². The maximum atomic E-state index is 13.1. The van der Waals surface area contributed by atoms with Crippen molar-refractivity contribution in [3.05, 3.63) is 23.3 Å². The average molecular weight is 919 g/mol. The summed E-state index contributed by atoms with van der Waals surface area (Å²) in [5.74, 6) is -2.38.